The summed E-state index contributed by atoms with van der Waals surface area (Å²) in [4.78, 5) is 17.2. The van der Waals surface area contributed by atoms with Crippen molar-refractivity contribution in [2.75, 3.05) is 13.1 Å². The van der Waals surface area contributed by atoms with Crippen LogP contribution in [-0.2, 0) is 17.8 Å². The van der Waals surface area contributed by atoms with Gasteiger partial charge in [0.2, 0.25) is 5.89 Å². The summed E-state index contributed by atoms with van der Waals surface area (Å²) in [6.45, 7) is 4.51. The molecule has 0 aromatic carbocycles. The first-order valence-electron chi connectivity index (χ1n) is 5.81. The minimum atomic E-state index is 0.172. The first-order chi connectivity index (χ1) is 7.81. The highest BCUT2D eigenvalue weighted by atomic mass is 16.5. The number of aryl methyl sites for hydroxylation is 1. The van der Waals surface area contributed by atoms with E-state index in [1.807, 2.05) is 6.92 Å². The molecule has 0 saturated carbocycles. The van der Waals surface area contributed by atoms with Crippen LogP contribution in [0.25, 0.3) is 0 Å². The van der Waals surface area contributed by atoms with E-state index < -0.39 is 0 Å². The molecule has 0 bridgehead atoms. The van der Waals surface area contributed by atoms with E-state index in [9.17, 15) is 4.79 Å². The van der Waals surface area contributed by atoms with Crippen LogP contribution in [0.2, 0.25) is 0 Å². The van der Waals surface area contributed by atoms with E-state index in [-0.39, 0.29) is 5.92 Å². The number of hydrogen-bond donors (Lipinski definition) is 0. The standard InChI is InChI=1S/C11H17N3O2/c1-2-11-12-10(13-16-11)7-14-5-3-4-9(6-14)8-15/h8-9H,2-7H2,1H3. The molecule has 1 aromatic rings. The monoisotopic (exact) mass is 223 g/mol. The van der Waals surface area contributed by atoms with Crippen molar-refractivity contribution < 1.29 is 9.32 Å². The first-order valence-corrected chi connectivity index (χ1v) is 5.81. The molecule has 1 unspecified atom stereocenters. The average Bonchev–Trinajstić information content (AvgIpc) is 2.77. The molecule has 0 amide bonds. The molecular formula is C11H17N3O2. The predicted octanol–water partition coefficient (Wildman–Crippen LogP) is 1.04. The number of rotatable bonds is 4. The largest absolute Gasteiger partial charge is 0.339 e. The van der Waals surface area contributed by atoms with Crippen LogP contribution >= 0.6 is 0 Å². The van der Waals surface area contributed by atoms with Gasteiger partial charge in [0, 0.05) is 18.9 Å². The molecule has 16 heavy (non-hydrogen) atoms. The van der Waals surface area contributed by atoms with Crippen molar-refractivity contribution in [1.29, 1.82) is 0 Å². The molecule has 1 atom stereocenters. The molecule has 1 aliphatic heterocycles. The van der Waals surface area contributed by atoms with E-state index in [0.717, 1.165) is 44.5 Å². The van der Waals surface area contributed by atoms with Crippen LogP contribution in [0.4, 0.5) is 0 Å². The van der Waals surface area contributed by atoms with E-state index >= 15 is 0 Å². The molecule has 0 N–H and O–H groups in total. The summed E-state index contributed by atoms with van der Waals surface area (Å²) < 4.78 is 5.05. The topological polar surface area (TPSA) is 59.2 Å². The number of likely N-dealkylation sites (tertiary alicyclic amines) is 1. The fraction of sp³-hybridized carbons (Fsp3) is 0.727. The molecular weight excluding hydrogens is 206 g/mol. The molecule has 0 aliphatic carbocycles. The van der Waals surface area contributed by atoms with E-state index in [4.69, 9.17) is 4.52 Å². The summed E-state index contributed by atoms with van der Waals surface area (Å²) in [6, 6.07) is 0. The maximum absolute atomic E-state index is 10.7. The number of nitrogens with zero attached hydrogens (tertiary/aromatic N) is 3. The summed E-state index contributed by atoms with van der Waals surface area (Å²) in [5, 5.41) is 3.92. The van der Waals surface area contributed by atoms with Gasteiger partial charge in [0.15, 0.2) is 5.82 Å². The van der Waals surface area contributed by atoms with Crippen LogP contribution in [-0.4, -0.2) is 34.4 Å². The lowest BCUT2D eigenvalue weighted by Gasteiger charge is -2.28. The summed E-state index contributed by atoms with van der Waals surface area (Å²) >= 11 is 0. The Morgan fingerprint density at radius 3 is 3.19 bits per heavy atom. The van der Waals surface area contributed by atoms with Crippen molar-refractivity contribution in [2.45, 2.75) is 32.7 Å². The zero-order chi connectivity index (χ0) is 11.4. The van der Waals surface area contributed by atoms with Crippen LogP contribution in [0, 0.1) is 5.92 Å². The Kier molecular flexibility index (Phi) is 3.66. The van der Waals surface area contributed by atoms with Crippen LogP contribution < -0.4 is 0 Å². The molecule has 1 fully saturated rings. The SMILES string of the molecule is CCc1nc(CN2CCCC(C=O)C2)no1. The Bertz CT molecular complexity index is 351. The summed E-state index contributed by atoms with van der Waals surface area (Å²) in [5.74, 6) is 1.58. The quantitative estimate of drug-likeness (QED) is 0.714. The third kappa shape index (κ3) is 2.66. The summed E-state index contributed by atoms with van der Waals surface area (Å²) in [5.41, 5.74) is 0. The van der Waals surface area contributed by atoms with Gasteiger partial charge in [-0.1, -0.05) is 12.1 Å². The first kappa shape index (κ1) is 11.3. The van der Waals surface area contributed by atoms with Crippen LogP contribution in [0.1, 0.15) is 31.5 Å². The molecule has 2 heterocycles. The Morgan fingerprint density at radius 2 is 2.50 bits per heavy atom. The van der Waals surface area contributed by atoms with Gasteiger partial charge < -0.3 is 9.32 Å². The summed E-state index contributed by atoms with van der Waals surface area (Å²) in [7, 11) is 0. The molecule has 0 spiro atoms. The van der Waals surface area contributed by atoms with Crippen molar-refractivity contribution in [3.8, 4) is 0 Å². The Labute approximate surface area is 94.8 Å². The van der Waals surface area contributed by atoms with Gasteiger partial charge in [-0.15, -0.1) is 0 Å². The Morgan fingerprint density at radius 1 is 1.62 bits per heavy atom. The highest BCUT2D eigenvalue weighted by molar-refractivity contribution is 5.53. The Balaban J connectivity index is 1.91. The number of aldehydes is 1. The normalized spacial score (nSPS) is 22.2. The van der Waals surface area contributed by atoms with E-state index in [1.54, 1.807) is 0 Å². The van der Waals surface area contributed by atoms with E-state index in [2.05, 4.69) is 15.0 Å². The predicted molar refractivity (Wildman–Crippen MR) is 57.7 cm³/mol. The molecule has 5 heteroatoms. The smallest absolute Gasteiger partial charge is 0.226 e. The van der Waals surface area contributed by atoms with Crippen LogP contribution in [0.3, 0.4) is 0 Å². The van der Waals surface area contributed by atoms with Crippen molar-refractivity contribution in [2.24, 2.45) is 5.92 Å². The highest BCUT2D eigenvalue weighted by Crippen LogP contribution is 2.16. The molecule has 1 aliphatic rings. The molecule has 0 radical (unpaired) electrons. The fourth-order valence-electron chi connectivity index (χ4n) is 2.04. The van der Waals surface area contributed by atoms with Gasteiger partial charge >= 0.3 is 0 Å². The van der Waals surface area contributed by atoms with Crippen molar-refractivity contribution in [3.63, 3.8) is 0 Å². The lowest BCUT2D eigenvalue weighted by molar-refractivity contribution is -0.112. The average molecular weight is 223 g/mol. The summed E-state index contributed by atoms with van der Waals surface area (Å²) in [6.07, 6.45) is 3.90. The maximum atomic E-state index is 10.7. The van der Waals surface area contributed by atoms with Gasteiger partial charge in [0.05, 0.1) is 6.54 Å². The van der Waals surface area contributed by atoms with Gasteiger partial charge in [-0.25, -0.2) is 0 Å². The van der Waals surface area contributed by atoms with Crippen molar-refractivity contribution in [1.82, 2.24) is 15.0 Å². The van der Waals surface area contributed by atoms with E-state index in [0.29, 0.717) is 12.4 Å². The number of piperidine rings is 1. The minimum absolute atomic E-state index is 0.172. The number of carbonyl (C=O) groups excluding carboxylic acids is 1. The Hall–Kier alpha value is -1.23. The third-order valence-corrected chi connectivity index (χ3v) is 2.91. The van der Waals surface area contributed by atoms with Gasteiger partial charge in [0.1, 0.15) is 6.29 Å². The number of aromatic nitrogens is 2. The molecule has 2 rings (SSSR count). The second kappa shape index (κ2) is 5.21. The number of carbonyl (C=O) groups is 1. The maximum Gasteiger partial charge on any atom is 0.226 e. The lowest BCUT2D eigenvalue weighted by Crippen LogP contribution is -2.35. The minimum Gasteiger partial charge on any atom is -0.339 e. The zero-order valence-electron chi connectivity index (χ0n) is 9.56. The van der Waals surface area contributed by atoms with Gasteiger partial charge in [-0.3, -0.25) is 4.90 Å². The second-order valence-electron chi connectivity index (χ2n) is 4.23. The van der Waals surface area contributed by atoms with Gasteiger partial charge in [-0.2, -0.15) is 4.98 Å². The highest BCUT2D eigenvalue weighted by Gasteiger charge is 2.20. The fourth-order valence-corrected chi connectivity index (χ4v) is 2.04. The number of hydrogen-bond acceptors (Lipinski definition) is 5. The van der Waals surface area contributed by atoms with Crippen molar-refractivity contribution in [3.05, 3.63) is 11.7 Å². The van der Waals surface area contributed by atoms with Crippen molar-refractivity contribution >= 4 is 6.29 Å². The second-order valence-corrected chi connectivity index (χ2v) is 4.23. The van der Waals surface area contributed by atoms with Crippen LogP contribution in [0.5, 0.6) is 0 Å². The molecule has 1 aromatic heterocycles. The molecule has 5 nitrogen and oxygen atoms in total. The van der Waals surface area contributed by atoms with Crippen LogP contribution in [0.15, 0.2) is 4.52 Å². The van der Waals surface area contributed by atoms with E-state index in [1.165, 1.54) is 0 Å². The van der Waals surface area contributed by atoms with Gasteiger partial charge in [-0.05, 0) is 19.4 Å². The third-order valence-electron chi connectivity index (χ3n) is 2.91. The van der Waals surface area contributed by atoms with Gasteiger partial charge in [0.25, 0.3) is 0 Å². The zero-order valence-corrected chi connectivity index (χ0v) is 9.56. The molecule has 1 saturated heterocycles. The lowest BCUT2D eigenvalue weighted by atomic mass is 10.00. The molecule has 88 valence electrons.